The van der Waals surface area contributed by atoms with Gasteiger partial charge < -0.3 is 20.4 Å². The summed E-state index contributed by atoms with van der Waals surface area (Å²) >= 11 is 0. The number of aromatic nitrogens is 1. The Bertz CT molecular complexity index is 1040. The average Bonchev–Trinajstić information content (AvgIpc) is 3.10. The Hall–Kier alpha value is -3.08. The van der Waals surface area contributed by atoms with Crippen LogP contribution in [0.1, 0.15) is 31.7 Å². The number of nitrogens with two attached hydrogens (primary N) is 1. The van der Waals surface area contributed by atoms with Gasteiger partial charge in [-0.3, -0.25) is 9.59 Å². The molecule has 2 atom stereocenters. The number of alkyl halides is 3. The first-order valence-corrected chi connectivity index (χ1v) is 10.3. The van der Waals surface area contributed by atoms with Crippen LogP contribution in [0, 0.1) is 0 Å². The Balaban J connectivity index is 1.81. The molecule has 1 fully saturated rings. The number of hydrogen-bond acceptors (Lipinski definition) is 6. The highest BCUT2D eigenvalue weighted by Gasteiger charge is 2.35. The number of imide groups is 1. The molecule has 1 aliphatic heterocycles. The van der Waals surface area contributed by atoms with Crippen molar-refractivity contribution in [2.45, 2.75) is 44.4 Å². The predicted octanol–water partition coefficient (Wildman–Crippen LogP) is 2.85. The lowest BCUT2D eigenvalue weighted by molar-refractivity contribution is -0.136. The summed E-state index contributed by atoms with van der Waals surface area (Å²) < 4.78 is 45.7. The summed E-state index contributed by atoms with van der Waals surface area (Å²) in [6.07, 6.45) is -3.05. The number of nitrogens with zero attached hydrogens (tertiary/aromatic N) is 2. The number of carbonyl (C=O) groups excluding carboxylic acids is 2. The SMILES string of the molecule is C[C@@H]1CC[C@H](CCOC(=O)N(C=O)CCN)N1c1ccc2[nH]c(=O)cc(C(F)(F)F)c2c1. The Kier molecular flexibility index (Phi) is 7.07. The fraction of sp³-hybridized carbons (Fsp3) is 0.476. The molecule has 32 heavy (non-hydrogen) atoms. The van der Waals surface area contributed by atoms with Crippen LogP contribution in [-0.2, 0) is 15.7 Å². The van der Waals surface area contributed by atoms with Gasteiger partial charge in [0.25, 0.3) is 0 Å². The van der Waals surface area contributed by atoms with Crippen LogP contribution in [0.25, 0.3) is 10.9 Å². The van der Waals surface area contributed by atoms with Crippen LogP contribution in [0.3, 0.4) is 0 Å². The van der Waals surface area contributed by atoms with Crippen molar-refractivity contribution in [3.63, 3.8) is 0 Å². The van der Waals surface area contributed by atoms with Gasteiger partial charge in [0.05, 0.1) is 12.2 Å². The lowest BCUT2D eigenvalue weighted by Gasteiger charge is -2.31. The molecule has 8 nitrogen and oxygen atoms in total. The van der Waals surface area contributed by atoms with Gasteiger partial charge >= 0.3 is 12.3 Å². The van der Waals surface area contributed by atoms with Crippen LogP contribution < -0.4 is 16.2 Å². The van der Waals surface area contributed by atoms with E-state index >= 15 is 0 Å². The minimum absolute atomic E-state index is 0.0512. The third kappa shape index (κ3) is 5.04. The number of anilines is 1. The van der Waals surface area contributed by atoms with E-state index in [0.717, 1.165) is 17.7 Å². The van der Waals surface area contributed by atoms with Gasteiger partial charge in [0.2, 0.25) is 12.0 Å². The maximum absolute atomic E-state index is 13.5. The number of benzene rings is 1. The molecule has 0 aliphatic carbocycles. The van der Waals surface area contributed by atoms with E-state index in [4.69, 9.17) is 10.5 Å². The number of carbonyl (C=O) groups is 2. The normalized spacial score (nSPS) is 18.7. The number of ether oxygens (including phenoxy) is 1. The molecule has 1 saturated heterocycles. The van der Waals surface area contributed by atoms with Crippen molar-refractivity contribution >= 4 is 29.1 Å². The number of pyridine rings is 1. The van der Waals surface area contributed by atoms with E-state index in [0.29, 0.717) is 24.6 Å². The average molecular weight is 454 g/mol. The van der Waals surface area contributed by atoms with Gasteiger partial charge in [0.1, 0.15) is 0 Å². The van der Waals surface area contributed by atoms with Crippen LogP contribution >= 0.6 is 0 Å². The van der Waals surface area contributed by atoms with Crippen molar-refractivity contribution in [2.24, 2.45) is 5.73 Å². The molecule has 11 heteroatoms. The zero-order valence-electron chi connectivity index (χ0n) is 17.5. The second kappa shape index (κ2) is 9.60. The number of nitrogens with one attached hydrogen (secondary N) is 1. The minimum atomic E-state index is -4.66. The Morgan fingerprint density at radius 3 is 2.75 bits per heavy atom. The zero-order valence-corrected chi connectivity index (χ0v) is 17.5. The van der Waals surface area contributed by atoms with E-state index < -0.39 is 23.4 Å². The second-order valence-corrected chi connectivity index (χ2v) is 7.75. The van der Waals surface area contributed by atoms with Crippen molar-refractivity contribution in [1.29, 1.82) is 0 Å². The number of H-pyrrole nitrogens is 1. The van der Waals surface area contributed by atoms with Crippen molar-refractivity contribution in [3.05, 3.63) is 40.2 Å². The summed E-state index contributed by atoms with van der Waals surface area (Å²) in [5.74, 6) is 0. The first-order valence-electron chi connectivity index (χ1n) is 10.3. The number of amides is 2. The van der Waals surface area contributed by atoms with Gasteiger partial charge in [-0.05, 0) is 38.0 Å². The first-order chi connectivity index (χ1) is 15.2. The molecule has 174 valence electrons. The molecule has 0 unspecified atom stereocenters. The largest absolute Gasteiger partial charge is 0.449 e. The number of fused-ring (bicyclic) bond motifs is 1. The topological polar surface area (TPSA) is 109 Å². The summed E-state index contributed by atoms with van der Waals surface area (Å²) in [6, 6.07) is 5.15. The molecule has 0 bridgehead atoms. The summed E-state index contributed by atoms with van der Waals surface area (Å²) in [6.45, 7) is 2.20. The summed E-state index contributed by atoms with van der Waals surface area (Å²) in [5.41, 5.74) is 4.26. The number of hydrogen-bond donors (Lipinski definition) is 2. The van der Waals surface area contributed by atoms with E-state index in [1.54, 1.807) is 6.07 Å². The highest BCUT2D eigenvalue weighted by molar-refractivity contribution is 5.86. The molecule has 1 aliphatic rings. The molecule has 2 heterocycles. The molecule has 0 radical (unpaired) electrons. The third-order valence-electron chi connectivity index (χ3n) is 5.62. The van der Waals surface area contributed by atoms with E-state index in [2.05, 4.69) is 4.98 Å². The molecule has 3 N–H and O–H groups in total. The predicted molar refractivity (Wildman–Crippen MR) is 112 cm³/mol. The second-order valence-electron chi connectivity index (χ2n) is 7.75. The van der Waals surface area contributed by atoms with Crippen LogP contribution in [0.2, 0.25) is 0 Å². The van der Waals surface area contributed by atoms with Crippen LogP contribution in [0.15, 0.2) is 29.1 Å². The fourth-order valence-electron chi connectivity index (χ4n) is 4.15. The van der Waals surface area contributed by atoms with Gasteiger partial charge in [0, 0.05) is 54.3 Å². The van der Waals surface area contributed by atoms with Gasteiger partial charge in [-0.25, -0.2) is 9.69 Å². The monoisotopic (exact) mass is 454 g/mol. The summed E-state index contributed by atoms with van der Waals surface area (Å²) in [5, 5.41) is -0.0812. The number of aromatic amines is 1. The van der Waals surface area contributed by atoms with Crippen LogP contribution in [0.4, 0.5) is 23.7 Å². The molecule has 2 amide bonds. The van der Waals surface area contributed by atoms with Crippen LogP contribution in [0.5, 0.6) is 0 Å². The molecular formula is C21H25F3N4O4. The van der Waals surface area contributed by atoms with E-state index in [1.807, 2.05) is 11.8 Å². The number of rotatable bonds is 7. The van der Waals surface area contributed by atoms with E-state index in [1.165, 1.54) is 12.1 Å². The maximum Gasteiger partial charge on any atom is 0.417 e. The lowest BCUT2D eigenvalue weighted by Crippen LogP contribution is -2.37. The molecule has 3 rings (SSSR count). The first kappa shape index (κ1) is 23.6. The standard InChI is InChI=1S/C21H25F3N4O4/c1-13-2-3-14(6-9-32-20(31)27(12-29)8-7-25)28(13)15-4-5-18-16(10-15)17(21(22,23)24)11-19(30)26-18/h4-5,10-14H,2-3,6-9,25H2,1H3,(H,26,30)/t13-,14-/m1/s1. The van der Waals surface area contributed by atoms with Crippen molar-refractivity contribution in [3.8, 4) is 0 Å². The molecule has 1 aromatic carbocycles. The Morgan fingerprint density at radius 1 is 1.34 bits per heavy atom. The zero-order chi connectivity index (χ0) is 23.5. The summed E-state index contributed by atoms with van der Waals surface area (Å²) in [7, 11) is 0. The Morgan fingerprint density at radius 2 is 2.09 bits per heavy atom. The van der Waals surface area contributed by atoms with Crippen molar-refractivity contribution < 1.29 is 27.5 Å². The molecule has 1 aromatic heterocycles. The molecule has 0 saturated carbocycles. The highest BCUT2D eigenvalue weighted by Crippen LogP contribution is 2.37. The molecular weight excluding hydrogens is 429 g/mol. The van der Waals surface area contributed by atoms with E-state index in [9.17, 15) is 27.6 Å². The van der Waals surface area contributed by atoms with Crippen LogP contribution in [-0.4, -0.2) is 54.2 Å². The highest BCUT2D eigenvalue weighted by atomic mass is 19.4. The minimum Gasteiger partial charge on any atom is -0.449 e. The van der Waals surface area contributed by atoms with Gasteiger partial charge in [-0.2, -0.15) is 13.2 Å². The van der Waals surface area contributed by atoms with Crippen molar-refractivity contribution in [1.82, 2.24) is 9.88 Å². The Labute approximate surface area is 182 Å². The fourth-order valence-corrected chi connectivity index (χ4v) is 4.15. The third-order valence-corrected chi connectivity index (χ3v) is 5.62. The van der Waals surface area contributed by atoms with Gasteiger partial charge in [-0.15, -0.1) is 0 Å². The maximum atomic E-state index is 13.5. The molecule has 0 spiro atoms. The van der Waals surface area contributed by atoms with E-state index in [-0.39, 0.29) is 42.7 Å². The quantitative estimate of drug-likeness (QED) is 0.623. The summed E-state index contributed by atoms with van der Waals surface area (Å²) in [4.78, 5) is 39.8. The van der Waals surface area contributed by atoms with Gasteiger partial charge in [-0.1, -0.05) is 0 Å². The molecule has 2 aromatic rings. The smallest absolute Gasteiger partial charge is 0.417 e. The number of halogens is 3. The lowest BCUT2D eigenvalue weighted by atomic mass is 10.1. The van der Waals surface area contributed by atoms with Gasteiger partial charge in [0.15, 0.2) is 0 Å². The van der Waals surface area contributed by atoms with Crippen molar-refractivity contribution in [2.75, 3.05) is 24.6 Å².